The third kappa shape index (κ3) is 4.10. The zero-order chi connectivity index (χ0) is 30.9. The molecule has 0 saturated heterocycles. The van der Waals surface area contributed by atoms with Crippen LogP contribution in [0.25, 0.3) is 58.8 Å². The van der Waals surface area contributed by atoms with Crippen molar-refractivity contribution in [3.05, 3.63) is 169 Å². The number of fused-ring (bicyclic) bond motifs is 8. The van der Waals surface area contributed by atoms with E-state index in [1.165, 1.54) is 75.3 Å². The van der Waals surface area contributed by atoms with Gasteiger partial charge in [-0.3, -0.25) is 0 Å². The van der Waals surface area contributed by atoms with Crippen molar-refractivity contribution in [2.45, 2.75) is 12.3 Å². The molecule has 0 saturated carbocycles. The van der Waals surface area contributed by atoms with Crippen molar-refractivity contribution in [3.63, 3.8) is 0 Å². The molecule has 1 atom stereocenters. The van der Waals surface area contributed by atoms with Gasteiger partial charge in [-0.25, -0.2) is 0 Å². The summed E-state index contributed by atoms with van der Waals surface area (Å²) in [5.74, 6) is 1.11. The van der Waals surface area contributed by atoms with Crippen LogP contribution in [-0.4, -0.2) is 0 Å². The fraction of sp³-hybridized carbons (Fsp3) is 0.0455. The Kier molecular flexibility index (Phi) is 5.91. The highest BCUT2D eigenvalue weighted by Crippen LogP contribution is 2.50. The fourth-order valence-corrected chi connectivity index (χ4v) is 8.84. The maximum absolute atomic E-state index is 6.82. The summed E-state index contributed by atoms with van der Waals surface area (Å²) in [6.07, 6.45) is 5.46. The zero-order valence-corrected chi connectivity index (χ0v) is 26.4. The second kappa shape index (κ2) is 10.4. The van der Waals surface area contributed by atoms with E-state index in [1.807, 2.05) is 11.3 Å². The van der Waals surface area contributed by atoms with Crippen LogP contribution in [0.4, 0.5) is 17.1 Å². The molecule has 2 aromatic heterocycles. The second-order valence-electron chi connectivity index (χ2n) is 12.4. The van der Waals surface area contributed by atoms with Gasteiger partial charge in [-0.05, 0) is 64.5 Å². The Labute approximate surface area is 276 Å². The monoisotopic (exact) mass is 619 g/mol. The quantitative estimate of drug-likeness (QED) is 0.195. The summed E-state index contributed by atoms with van der Waals surface area (Å²) in [5, 5.41) is 8.66. The van der Waals surface area contributed by atoms with E-state index in [-0.39, 0.29) is 5.92 Å². The van der Waals surface area contributed by atoms with Gasteiger partial charge in [0.05, 0.1) is 21.8 Å². The lowest BCUT2D eigenvalue weighted by molar-refractivity contribution is 0.517. The molecule has 9 aromatic rings. The van der Waals surface area contributed by atoms with Gasteiger partial charge < -0.3 is 9.32 Å². The lowest BCUT2D eigenvalue weighted by Gasteiger charge is -2.31. The van der Waals surface area contributed by atoms with Crippen molar-refractivity contribution >= 4 is 87.2 Å². The Bertz CT molecular complexity index is 2690. The maximum atomic E-state index is 6.82. The van der Waals surface area contributed by atoms with Gasteiger partial charge >= 0.3 is 0 Å². The summed E-state index contributed by atoms with van der Waals surface area (Å²) < 4.78 is 9.42. The summed E-state index contributed by atoms with van der Waals surface area (Å²) in [6, 6.07) is 52.9. The molecule has 0 N–H and O–H groups in total. The van der Waals surface area contributed by atoms with Gasteiger partial charge in [-0.2, -0.15) is 0 Å². The first-order chi connectivity index (χ1) is 23.3. The number of anilines is 3. The van der Waals surface area contributed by atoms with Gasteiger partial charge in [0.1, 0.15) is 11.3 Å². The molecule has 0 spiro atoms. The van der Waals surface area contributed by atoms with E-state index >= 15 is 0 Å². The van der Waals surface area contributed by atoms with E-state index in [9.17, 15) is 0 Å². The maximum Gasteiger partial charge on any atom is 0.135 e. The summed E-state index contributed by atoms with van der Waals surface area (Å²) in [7, 11) is 0. The normalized spacial score (nSPS) is 14.4. The molecule has 10 rings (SSSR count). The molecular weight excluding hydrogens is 591 g/mol. The Morgan fingerprint density at radius 2 is 1.21 bits per heavy atom. The third-order valence-corrected chi connectivity index (χ3v) is 11.0. The molecule has 0 amide bonds. The van der Waals surface area contributed by atoms with Crippen LogP contribution in [0.2, 0.25) is 0 Å². The summed E-state index contributed by atoms with van der Waals surface area (Å²) in [4.78, 5) is 2.50. The smallest absolute Gasteiger partial charge is 0.135 e. The molecule has 1 unspecified atom stereocenters. The molecule has 1 aliphatic rings. The molecule has 2 nitrogen and oxygen atoms in total. The van der Waals surface area contributed by atoms with E-state index < -0.39 is 0 Å². The topological polar surface area (TPSA) is 16.4 Å². The molecule has 0 aliphatic heterocycles. The van der Waals surface area contributed by atoms with Crippen LogP contribution in [0, 0.1) is 0 Å². The number of allylic oxidation sites excluding steroid dienone is 1. The first-order valence-corrected chi connectivity index (χ1v) is 17.0. The van der Waals surface area contributed by atoms with Gasteiger partial charge in [0, 0.05) is 37.7 Å². The van der Waals surface area contributed by atoms with E-state index in [2.05, 4.69) is 163 Å². The van der Waals surface area contributed by atoms with Crippen LogP contribution in [-0.2, 0) is 0 Å². The number of furan rings is 1. The first kappa shape index (κ1) is 26.6. The largest absolute Gasteiger partial charge is 0.460 e. The van der Waals surface area contributed by atoms with Crippen molar-refractivity contribution in [3.8, 4) is 0 Å². The number of benzene rings is 7. The summed E-state index contributed by atoms with van der Waals surface area (Å²) >= 11 is 1.87. The predicted octanol–water partition coefficient (Wildman–Crippen LogP) is 13.1. The second-order valence-corrected chi connectivity index (χ2v) is 13.5. The van der Waals surface area contributed by atoms with E-state index in [4.69, 9.17) is 4.42 Å². The molecule has 3 heteroatoms. The Morgan fingerprint density at radius 1 is 0.553 bits per heavy atom. The minimum Gasteiger partial charge on any atom is -0.460 e. The van der Waals surface area contributed by atoms with Crippen molar-refractivity contribution in [1.82, 2.24) is 0 Å². The minimum absolute atomic E-state index is 0.0702. The molecule has 1 aliphatic carbocycles. The highest BCUT2D eigenvalue weighted by Gasteiger charge is 2.30. The Balaban J connectivity index is 1.24. The highest BCUT2D eigenvalue weighted by atomic mass is 32.1. The summed E-state index contributed by atoms with van der Waals surface area (Å²) in [6.45, 7) is 0. The van der Waals surface area contributed by atoms with Gasteiger partial charge in [-0.15, -0.1) is 11.3 Å². The Morgan fingerprint density at radius 3 is 2.13 bits per heavy atom. The summed E-state index contributed by atoms with van der Waals surface area (Å²) in [5.41, 5.74) is 6.93. The van der Waals surface area contributed by atoms with Crippen LogP contribution >= 0.6 is 11.3 Å². The zero-order valence-electron chi connectivity index (χ0n) is 25.6. The lowest BCUT2D eigenvalue weighted by Crippen LogP contribution is -2.15. The number of hydrogen-bond donors (Lipinski definition) is 0. The highest BCUT2D eigenvalue weighted by molar-refractivity contribution is 7.26. The number of para-hydroxylation sites is 1. The molecule has 47 heavy (non-hydrogen) atoms. The van der Waals surface area contributed by atoms with Crippen LogP contribution in [0.15, 0.2) is 156 Å². The number of hydrogen-bond acceptors (Lipinski definition) is 3. The number of rotatable bonds is 4. The molecule has 0 bridgehead atoms. The van der Waals surface area contributed by atoms with E-state index in [1.54, 1.807) is 0 Å². The minimum atomic E-state index is 0.0702. The molecule has 0 radical (unpaired) electrons. The molecule has 222 valence electrons. The number of nitrogens with zero attached hydrogens (tertiary/aromatic N) is 1. The van der Waals surface area contributed by atoms with Crippen LogP contribution in [0.3, 0.4) is 0 Å². The van der Waals surface area contributed by atoms with Crippen LogP contribution in [0.1, 0.15) is 29.2 Å². The number of thiophene rings is 1. The van der Waals surface area contributed by atoms with Gasteiger partial charge in [0.25, 0.3) is 0 Å². The van der Waals surface area contributed by atoms with Crippen molar-refractivity contribution in [1.29, 1.82) is 0 Å². The lowest BCUT2D eigenvalue weighted by atomic mass is 9.85. The van der Waals surface area contributed by atoms with E-state index in [0.717, 1.165) is 17.8 Å². The first-order valence-electron chi connectivity index (χ1n) is 16.2. The van der Waals surface area contributed by atoms with Gasteiger partial charge in [-0.1, -0.05) is 121 Å². The van der Waals surface area contributed by atoms with Gasteiger partial charge in [0.2, 0.25) is 0 Å². The van der Waals surface area contributed by atoms with E-state index in [0.29, 0.717) is 0 Å². The van der Waals surface area contributed by atoms with Crippen molar-refractivity contribution in [2.75, 3.05) is 4.90 Å². The Hall–Kier alpha value is -5.64. The van der Waals surface area contributed by atoms with Crippen molar-refractivity contribution < 1.29 is 4.42 Å². The average Bonchev–Trinajstić information content (AvgIpc) is 3.70. The third-order valence-electron chi connectivity index (χ3n) is 9.78. The van der Waals surface area contributed by atoms with Crippen LogP contribution < -0.4 is 4.90 Å². The average molecular weight is 620 g/mol. The van der Waals surface area contributed by atoms with Gasteiger partial charge in [0.15, 0.2) is 0 Å². The standard InChI is InChI=1S/C44H29NOS/c1-2-14-30-27-41-37(26-29(30)13-1)35-20-10-19-34(43(35)46-41)32-17-5-7-22-39(32)45(38-23-9-15-28-12-3-4-16-31(28)38)40-24-11-21-36-33-18-6-8-25-42(33)47-44(36)40/h1-18,20-27,34H,19H2. The fourth-order valence-electron chi connectivity index (χ4n) is 7.64. The SMILES string of the molecule is C1=Cc2c(oc3cc4ccccc4cc23)C(c2ccccc2N(c2cccc3ccccc23)c2cccc3c2sc2ccccc23)C1. The molecule has 7 aromatic carbocycles. The molecule has 0 fully saturated rings. The molecular formula is C44H29NOS. The van der Waals surface area contributed by atoms with Crippen molar-refractivity contribution in [2.24, 2.45) is 0 Å². The molecule has 2 heterocycles. The predicted molar refractivity (Wildman–Crippen MR) is 201 cm³/mol. The van der Waals surface area contributed by atoms with Crippen LogP contribution in [0.5, 0.6) is 0 Å².